The first kappa shape index (κ1) is 8.65. The maximum atomic E-state index is 10.1. The average Bonchev–Trinajstić information content (AvgIpc) is 2.03. The van der Waals surface area contributed by atoms with Crippen molar-refractivity contribution in [2.24, 2.45) is 5.92 Å². The highest BCUT2D eigenvalue weighted by atomic mass is 32.2. The largest absolute Gasteiger partial charge is 0.478 e. The first-order chi connectivity index (χ1) is 5.29. The molecule has 62 valence electrons. The lowest BCUT2D eigenvalue weighted by molar-refractivity contribution is -0.131. The van der Waals surface area contributed by atoms with Crippen LogP contribution in [0.2, 0.25) is 0 Å². The zero-order valence-corrected chi connectivity index (χ0v) is 7.14. The molecule has 0 aliphatic carbocycles. The Hall–Kier alpha value is -0.440. The molecule has 2 nitrogen and oxygen atoms in total. The Morgan fingerprint density at radius 3 is 2.64 bits per heavy atom. The lowest BCUT2D eigenvalue weighted by Crippen LogP contribution is -2.07. The summed E-state index contributed by atoms with van der Waals surface area (Å²) in [4.78, 5) is 10.1. The van der Waals surface area contributed by atoms with E-state index >= 15 is 0 Å². The van der Waals surface area contributed by atoms with E-state index in [0.717, 1.165) is 12.8 Å². The molecule has 0 amide bonds. The summed E-state index contributed by atoms with van der Waals surface area (Å²) in [5, 5.41) is 8.35. The van der Waals surface area contributed by atoms with E-state index in [4.69, 9.17) is 5.11 Å². The minimum Gasteiger partial charge on any atom is -0.478 e. The molecule has 0 radical (unpaired) electrons. The number of rotatable bonds is 2. The number of carboxylic acid groups (broad SMARTS) is 1. The van der Waals surface area contributed by atoms with E-state index in [-0.39, 0.29) is 0 Å². The molecular formula is C8H12O2S. The van der Waals surface area contributed by atoms with E-state index in [9.17, 15) is 4.79 Å². The van der Waals surface area contributed by atoms with Crippen LogP contribution in [0, 0.1) is 5.92 Å². The summed E-state index contributed by atoms with van der Waals surface area (Å²) in [7, 11) is 0. The third-order valence-corrected chi connectivity index (χ3v) is 2.83. The Balaban J connectivity index is 2.29. The zero-order valence-electron chi connectivity index (χ0n) is 6.32. The molecule has 0 aromatic heterocycles. The zero-order chi connectivity index (χ0) is 8.10. The van der Waals surface area contributed by atoms with Gasteiger partial charge in [-0.3, -0.25) is 0 Å². The van der Waals surface area contributed by atoms with E-state index in [1.165, 1.54) is 17.6 Å². The lowest BCUT2D eigenvalue weighted by atomic mass is 10.0. The van der Waals surface area contributed by atoms with Gasteiger partial charge >= 0.3 is 5.97 Å². The summed E-state index contributed by atoms with van der Waals surface area (Å²) in [6, 6.07) is 0. The molecule has 1 aliphatic rings. The second-order valence-electron chi connectivity index (χ2n) is 2.65. The molecule has 1 rings (SSSR count). The van der Waals surface area contributed by atoms with Gasteiger partial charge in [-0.2, -0.15) is 11.8 Å². The Morgan fingerprint density at radius 1 is 1.45 bits per heavy atom. The molecule has 1 N–H and O–H groups in total. The van der Waals surface area contributed by atoms with E-state index in [2.05, 4.69) is 0 Å². The van der Waals surface area contributed by atoms with Crippen LogP contribution in [0.15, 0.2) is 12.2 Å². The van der Waals surface area contributed by atoms with Crippen molar-refractivity contribution in [2.45, 2.75) is 12.8 Å². The van der Waals surface area contributed by atoms with Crippen LogP contribution < -0.4 is 0 Å². The summed E-state index contributed by atoms with van der Waals surface area (Å²) < 4.78 is 0. The van der Waals surface area contributed by atoms with Crippen LogP contribution in [-0.4, -0.2) is 22.6 Å². The SMILES string of the molecule is O=C(O)/C=C/C1CCSCC1. The smallest absolute Gasteiger partial charge is 0.327 e. The van der Waals surface area contributed by atoms with Gasteiger partial charge in [-0.15, -0.1) is 0 Å². The maximum Gasteiger partial charge on any atom is 0.327 e. The van der Waals surface area contributed by atoms with Crippen molar-refractivity contribution in [2.75, 3.05) is 11.5 Å². The molecule has 0 bridgehead atoms. The standard InChI is InChI=1S/C8H12O2S/c9-8(10)2-1-7-3-5-11-6-4-7/h1-2,7H,3-6H2,(H,9,10)/b2-1+. The van der Waals surface area contributed by atoms with Crippen LogP contribution in [0.4, 0.5) is 0 Å². The van der Waals surface area contributed by atoms with E-state index < -0.39 is 5.97 Å². The highest BCUT2D eigenvalue weighted by Crippen LogP contribution is 2.23. The lowest BCUT2D eigenvalue weighted by Gasteiger charge is -2.16. The summed E-state index contributed by atoms with van der Waals surface area (Å²) in [6.45, 7) is 0. The topological polar surface area (TPSA) is 37.3 Å². The van der Waals surface area contributed by atoms with E-state index in [1.54, 1.807) is 0 Å². The molecule has 3 heteroatoms. The van der Waals surface area contributed by atoms with Crippen LogP contribution >= 0.6 is 11.8 Å². The van der Waals surface area contributed by atoms with Crippen LogP contribution in [0.25, 0.3) is 0 Å². The number of thioether (sulfide) groups is 1. The Labute approximate surface area is 70.7 Å². The van der Waals surface area contributed by atoms with E-state index in [0.29, 0.717) is 5.92 Å². The molecule has 0 unspecified atom stereocenters. The van der Waals surface area contributed by atoms with Gasteiger partial charge in [-0.05, 0) is 30.3 Å². The second-order valence-corrected chi connectivity index (χ2v) is 3.87. The Morgan fingerprint density at radius 2 is 2.09 bits per heavy atom. The summed E-state index contributed by atoms with van der Waals surface area (Å²) in [5.74, 6) is 2.03. The van der Waals surface area contributed by atoms with Crippen LogP contribution in [0.5, 0.6) is 0 Å². The predicted octanol–water partition coefficient (Wildman–Crippen LogP) is 1.77. The number of hydrogen-bond acceptors (Lipinski definition) is 2. The van der Waals surface area contributed by atoms with Crippen molar-refractivity contribution in [3.63, 3.8) is 0 Å². The quantitative estimate of drug-likeness (QED) is 0.645. The van der Waals surface area contributed by atoms with Crippen molar-refractivity contribution in [1.82, 2.24) is 0 Å². The molecule has 0 aromatic carbocycles. The predicted molar refractivity (Wildman–Crippen MR) is 46.8 cm³/mol. The van der Waals surface area contributed by atoms with Crippen molar-refractivity contribution < 1.29 is 9.90 Å². The fraction of sp³-hybridized carbons (Fsp3) is 0.625. The molecule has 1 aliphatic heterocycles. The molecule has 0 saturated carbocycles. The summed E-state index contributed by atoms with van der Waals surface area (Å²) >= 11 is 1.95. The van der Waals surface area contributed by atoms with Gasteiger partial charge in [-0.1, -0.05) is 6.08 Å². The van der Waals surface area contributed by atoms with Gasteiger partial charge in [0.15, 0.2) is 0 Å². The van der Waals surface area contributed by atoms with Gasteiger partial charge in [0, 0.05) is 6.08 Å². The monoisotopic (exact) mass is 172 g/mol. The normalized spacial score (nSPS) is 20.7. The highest BCUT2D eigenvalue weighted by Gasteiger charge is 2.10. The average molecular weight is 172 g/mol. The van der Waals surface area contributed by atoms with Gasteiger partial charge < -0.3 is 5.11 Å². The summed E-state index contributed by atoms with van der Waals surface area (Å²) in [6.07, 6.45) is 5.35. The van der Waals surface area contributed by atoms with Gasteiger partial charge in [-0.25, -0.2) is 4.79 Å². The second kappa shape index (κ2) is 4.44. The summed E-state index contributed by atoms with van der Waals surface area (Å²) in [5.41, 5.74) is 0. The molecule has 0 aromatic rings. The van der Waals surface area contributed by atoms with Crippen molar-refractivity contribution in [1.29, 1.82) is 0 Å². The van der Waals surface area contributed by atoms with Gasteiger partial charge in [0.25, 0.3) is 0 Å². The minimum atomic E-state index is -0.830. The number of carboxylic acids is 1. The first-order valence-electron chi connectivity index (χ1n) is 3.78. The third kappa shape index (κ3) is 3.46. The number of hydrogen-bond donors (Lipinski definition) is 1. The van der Waals surface area contributed by atoms with Crippen LogP contribution in [0.1, 0.15) is 12.8 Å². The van der Waals surface area contributed by atoms with Gasteiger partial charge in [0.05, 0.1) is 0 Å². The van der Waals surface area contributed by atoms with Crippen LogP contribution in [0.3, 0.4) is 0 Å². The molecule has 11 heavy (non-hydrogen) atoms. The maximum absolute atomic E-state index is 10.1. The molecular weight excluding hydrogens is 160 g/mol. The van der Waals surface area contributed by atoms with Gasteiger partial charge in [0.2, 0.25) is 0 Å². The fourth-order valence-electron chi connectivity index (χ4n) is 1.13. The molecule has 1 heterocycles. The number of aliphatic carboxylic acids is 1. The molecule has 1 fully saturated rings. The fourth-order valence-corrected chi connectivity index (χ4v) is 2.27. The number of carbonyl (C=O) groups is 1. The van der Waals surface area contributed by atoms with E-state index in [1.807, 2.05) is 17.8 Å². The van der Waals surface area contributed by atoms with Gasteiger partial charge in [0.1, 0.15) is 0 Å². The van der Waals surface area contributed by atoms with Crippen molar-refractivity contribution in [3.05, 3.63) is 12.2 Å². The van der Waals surface area contributed by atoms with Crippen LogP contribution in [-0.2, 0) is 4.79 Å². The highest BCUT2D eigenvalue weighted by molar-refractivity contribution is 7.99. The Bertz CT molecular complexity index is 159. The van der Waals surface area contributed by atoms with Crippen molar-refractivity contribution >= 4 is 17.7 Å². The molecule has 0 atom stereocenters. The first-order valence-corrected chi connectivity index (χ1v) is 4.93. The minimum absolute atomic E-state index is 0.507. The Kier molecular flexibility index (Phi) is 3.49. The number of allylic oxidation sites excluding steroid dienone is 1. The third-order valence-electron chi connectivity index (χ3n) is 1.78. The molecule has 0 spiro atoms. The molecule has 1 saturated heterocycles. The van der Waals surface area contributed by atoms with Crippen molar-refractivity contribution in [3.8, 4) is 0 Å².